The van der Waals surface area contributed by atoms with Crippen LogP contribution in [0.2, 0.25) is 0 Å². The van der Waals surface area contributed by atoms with E-state index in [2.05, 4.69) is 4.74 Å². The molecule has 51 heavy (non-hydrogen) atoms. The smallest absolute Gasteiger partial charge is 0.432 e. The lowest BCUT2D eigenvalue weighted by atomic mass is 9.99. The van der Waals surface area contributed by atoms with Gasteiger partial charge in [-0.3, -0.25) is 0 Å². The Morgan fingerprint density at radius 2 is 0.863 bits per heavy atom. The highest BCUT2D eigenvalue weighted by Gasteiger charge is 2.42. The third-order valence-corrected chi connectivity index (χ3v) is 7.59. The molecular weight excluding hydrogens is 677 g/mol. The van der Waals surface area contributed by atoms with Gasteiger partial charge in [-0.2, -0.15) is 8.78 Å². The van der Waals surface area contributed by atoms with E-state index in [0.717, 1.165) is 16.7 Å². The Labute approximate surface area is 288 Å². The van der Waals surface area contributed by atoms with Gasteiger partial charge in [0.25, 0.3) is 0 Å². The lowest BCUT2D eigenvalue weighted by Crippen LogP contribution is -2.25. The molecule has 0 aliphatic rings. The summed E-state index contributed by atoms with van der Waals surface area (Å²) in [7, 11) is 0. The van der Waals surface area contributed by atoms with Crippen molar-refractivity contribution in [3.63, 3.8) is 0 Å². The van der Waals surface area contributed by atoms with Crippen LogP contribution in [0.5, 0.6) is 23.0 Å². The molecule has 0 heterocycles. The molecule has 0 atom stereocenters. The van der Waals surface area contributed by atoms with E-state index in [1.165, 1.54) is 12.1 Å². The SMILES string of the molecule is Fc1cc(OC(F)(F)c2c(F)cc(-c3c(OCc4ccccc4)cc(OCc4ccccc4)cc3OCc3ccccc3)cc2F)cc(F)c1F. The summed E-state index contributed by atoms with van der Waals surface area (Å²) >= 11 is 0. The Hall–Kier alpha value is -5.97. The Morgan fingerprint density at radius 3 is 1.29 bits per heavy atom. The second-order valence-corrected chi connectivity index (χ2v) is 11.3. The summed E-state index contributed by atoms with van der Waals surface area (Å²) in [6.45, 7) is 0.174. The molecule has 0 bridgehead atoms. The van der Waals surface area contributed by atoms with Crippen LogP contribution in [0.15, 0.2) is 127 Å². The molecule has 0 radical (unpaired) electrons. The Morgan fingerprint density at radius 1 is 0.451 bits per heavy atom. The number of rotatable bonds is 13. The molecule has 11 heteroatoms. The van der Waals surface area contributed by atoms with Crippen LogP contribution in [0.1, 0.15) is 22.3 Å². The Balaban J connectivity index is 1.42. The van der Waals surface area contributed by atoms with Gasteiger partial charge in [0.15, 0.2) is 17.5 Å². The summed E-state index contributed by atoms with van der Waals surface area (Å²) < 4.78 is 125. The zero-order valence-corrected chi connectivity index (χ0v) is 26.5. The maximum absolute atomic E-state index is 15.7. The highest BCUT2D eigenvalue weighted by atomic mass is 19.3. The predicted octanol–water partition coefficient (Wildman–Crippen LogP) is 10.9. The summed E-state index contributed by atoms with van der Waals surface area (Å²) in [5, 5.41) is 0. The summed E-state index contributed by atoms with van der Waals surface area (Å²) in [5.41, 5.74) is 0.286. The molecule has 0 saturated carbocycles. The summed E-state index contributed by atoms with van der Waals surface area (Å²) in [6, 6.07) is 31.8. The minimum absolute atomic E-state index is 0.00779. The maximum atomic E-state index is 15.7. The van der Waals surface area contributed by atoms with E-state index in [4.69, 9.17) is 14.2 Å². The average Bonchev–Trinajstić information content (AvgIpc) is 3.11. The van der Waals surface area contributed by atoms with Crippen LogP contribution in [0, 0.1) is 29.1 Å². The molecule has 4 nitrogen and oxygen atoms in total. The highest BCUT2D eigenvalue weighted by molar-refractivity contribution is 5.78. The summed E-state index contributed by atoms with van der Waals surface area (Å²) in [5.74, 6) is -9.92. The van der Waals surface area contributed by atoms with Crippen molar-refractivity contribution in [3.05, 3.63) is 179 Å². The fraction of sp³-hybridized carbons (Fsp3) is 0.100. The fourth-order valence-electron chi connectivity index (χ4n) is 5.16. The van der Waals surface area contributed by atoms with Gasteiger partial charge in [-0.25, -0.2) is 22.0 Å². The standard InChI is InChI=1S/C40H27F7O4/c41-31-16-28(17-32(42)38(31)40(46,47)51-30-18-33(43)39(45)34(44)19-30)37-35(49-23-26-12-6-2-7-13-26)20-29(48-22-25-10-4-1-5-11-25)21-36(37)50-24-27-14-8-3-9-15-27/h1-21H,22-24H2. The van der Waals surface area contributed by atoms with Gasteiger partial charge in [0.2, 0.25) is 0 Å². The van der Waals surface area contributed by atoms with Crippen LogP contribution in [-0.2, 0) is 25.9 Å². The number of hydrogen-bond donors (Lipinski definition) is 0. The van der Waals surface area contributed by atoms with Gasteiger partial charge < -0.3 is 18.9 Å². The second kappa shape index (κ2) is 15.3. The van der Waals surface area contributed by atoms with Gasteiger partial charge in [0.1, 0.15) is 60.0 Å². The molecule has 6 aromatic carbocycles. The van der Waals surface area contributed by atoms with E-state index in [-0.39, 0.29) is 60.3 Å². The molecule has 0 spiro atoms. The molecule has 0 aromatic heterocycles. The molecule has 0 aliphatic heterocycles. The van der Waals surface area contributed by atoms with E-state index in [1.807, 2.05) is 42.5 Å². The molecule has 0 fully saturated rings. The summed E-state index contributed by atoms with van der Waals surface area (Å²) in [4.78, 5) is 0. The Kier molecular flexibility index (Phi) is 10.5. The average molecular weight is 705 g/mol. The van der Waals surface area contributed by atoms with E-state index in [0.29, 0.717) is 12.1 Å². The van der Waals surface area contributed by atoms with E-state index < -0.39 is 46.5 Å². The molecule has 0 unspecified atom stereocenters. The van der Waals surface area contributed by atoms with Crippen LogP contribution in [0.25, 0.3) is 11.1 Å². The van der Waals surface area contributed by atoms with Gasteiger partial charge in [-0.15, -0.1) is 0 Å². The van der Waals surface area contributed by atoms with E-state index in [1.54, 1.807) is 48.5 Å². The van der Waals surface area contributed by atoms with Crippen molar-refractivity contribution in [2.45, 2.75) is 25.9 Å². The van der Waals surface area contributed by atoms with Crippen LogP contribution < -0.4 is 18.9 Å². The van der Waals surface area contributed by atoms with Crippen molar-refractivity contribution in [1.82, 2.24) is 0 Å². The molecular formula is C40H27F7O4. The second-order valence-electron chi connectivity index (χ2n) is 11.3. The number of hydrogen-bond acceptors (Lipinski definition) is 4. The first-order chi connectivity index (χ1) is 24.6. The minimum atomic E-state index is -4.78. The lowest BCUT2D eigenvalue weighted by molar-refractivity contribution is -0.189. The van der Waals surface area contributed by atoms with Crippen molar-refractivity contribution in [1.29, 1.82) is 0 Å². The van der Waals surface area contributed by atoms with Gasteiger partial charge >= 0.3 is 6.11 Å². The first-order valence-electron chi connectivity index (χ1n) is 15.5. The van der Waals surface area contributed by atoms with E-state index in [9.17, 15) is 13.2 Å². The van der Waals surface area contributed by atoms with Crippen molar-refractivity contribution in [2.75, 3.05) is 0 Å². The molecule has 0 amide bonds. The number of benzene rings is 6. The summed E-state index contributed by atoms with van der Waals surface area (Å²) in [6.07, 6.45) is -4.78. The largest absolute Gasteiger partial charge is 0.489 e. The van der Waals surface area contributed by atoms with Gasteiger partial charge in [0, 0.05) is 24.3 Å². The van der Waals surface area contributed by atoms with Gasteiger partial charge in [-0.05, 0) is 34.4 Å². The monoisotopic (exact) mass is 704 g/mol. The molecule has 6 aromatic rings. The van der Waals surface area contributed by atoms with Crippen molar-refractivity contribution >= 4 is 0 Å². The highest BCUT2D eigenvalue weighted by Crippen LogP contribution is 2.45. The third kappa shape index (κ3) is 8.43. The topological polar surface area (TPSA) is 36.9 Å². The number of halogens is 7. The minimum Gasteiger partial charge on any atom is -0.489 e. The van der Waals surface area contributed by atoms with Crippen LogP contribution >= 0.6 is 0 Å². The lowest BCUT2D eigenvalue weighted by Gasteiger charge is -2.22. The quantitative estimate of drug-likeness (QED) is 0.0886. The molecule has 0 aliphatic carbocycles. The van der Waals surface area contributed by atoms with Crippen LogP contribution in [0.3, 0.4) is 0 Å². The van der Waals surface area contributed by atoms with Crippen LogP contribution in [0.4, 0.5) is 30.7 Å². The third-order valence-electron chi connectivity index (χ3n) is 7.59. The number of ether oxygens (including phenoxy) is 4. The normalized spacial score (nSPS) is 11.3. The van der Waals surface area contributed by atoms with Crippen molar-refractivity contribution in [3.8, 4) is 34.1 Å². The van der Waals surface area contributed by atoms with Gasteiger partial charge in [0.05, 0.1) is 5.56 Å². The zero-order chi connectivity index (χ0) is 36.0. The molecule has 0 saturated heterocycles. The maximum Gasteiger partial charge on any atom is 0.432 e. The first kappa shape index (κ1) is 34.9. The molecule has 260 valence electrons. The number of alkyl halides is 2. The van der Waals surface area contributed by atoms with Crippen molar-refractivity contribution < 1.29 is 49.7 Å². The zero-order valence-electron chi connectivity index (χ0n) is 26.5. The van der Waals surface area contributed by atoms with Crippen molar-refractivity contribution in [2.24, 2.45) is 0 Å². The van der Waals surface area contributed by atoms with Crippen LogP contribution in [-0.4, -0.2) is 0 Å². The predicted molar refractivity (Wildman–Crippen MR) is 175 cm³/mol. The molecule has 6 rings (SSSR count). The molecule has 0 N–H and O–H groups in total. The fourth-order valence-corrected chi connectivity index (χ4v) is 5.16. The Bertz CT molecular complexity index is 2000. The van der Waals surface area contributed by atoms with E-state index >= 15 is 17.6 Å². The van der Waals surface area contributed by atoms with Gasteiger partial charge in [-0.1, -0.05) is 91.0 Å². The first-order valence-corrected chi connectivity index (χ1v) is 15.5.